The second-order valence-corrected chi connectivity index (χ2v) is 7.60. The zero-order valence-electron chi connectivity index (χ0n) is 16.6. The number of nitrogens with zero attached hydrogens (tertiary/aromatic N) is 2. The number of carbonyl (C=O) groups excluding carboxylic acids is 1. The first-order valence-corrected chi connectivity index (χ1v) is 10.3. The first-order chi connectivity index (χ1) is 15.0. The van der Waals surface area contributed by atoms with Crippen LogP contribution in [0.25, 0.3) is 28.4 Å². The van der Waals surface area contributed by atoms with Crippen molar-refractivity contribution in [3.05, 3.63) is 99.3 Å². The van der Waals surface area contributed by atoms with E-state index in [9.17, 15) is 9.59 Å². The van der Waals surface area contributed by atoms with Crippen molar-refractivity contribution < 1.29 is 9.53 Å². The van der Waals surface area contributed by atoms with Crippen molar-refractivity contribution in [1.29, 1.82) is 0 Å². The van der Waals surface area contributed by atoms with E-state index in [0.717, 1.165) is 10.0 Å². The summed E-state index contributed by atoms with van der Waals surface area (Å²) in [7, 11) is 1.56. The summed E-state index contributed by atoms with van der Waals surface area (Å²) >= 11 is 3.38. The number of hydrogen-bond acceptors (Lipinski definition) is 4. The molecule has 0 radical (unpaired) electrons. The van der Waals surface area contributed by atoms with Crippen LogP contribution < -0.4 is 15.7 Å². The summed E-state index contributed by atoms with van der Waals surface area (Å²) in [6, 6.07) is 21.7. The Labute approximate surface area is 186 Å². The fraction of sp³-hybridized carbons (Fsp3) is 0.0417. The quantitative estimate of drug-likeness (QED) is 0.427. The highest BCUT2D eigenvalue weighted by Crippen LogP contribution is 2.22. The van der Waals surface area contributed by atoms with Crippen LogP contribution in [0, 0.1) is 0 Å². The highest BCUT2D eigenvalue weighted by molar-refractivity contribution is 9.10. The van der Waals surface area contributed by atoms with Gasteiger partial charge < -0.3 is 4.74 Å². The molecule has 0 saturated carbocycles. The minimum atomic E-state index is -0.453. The number of amides is 1. The van der Waals surface area contributed by atoms with E-state index in [1.807, 2.05) is 30.3 Å². The minimum absolute atomic E-state index is 0.313. The lowest BCUT2D eigenvalue weighted by atomic mass is 10.2. The third kappa shape index (κ3) is 4.57. The smallest absolute Gasteiger partial charge is 0.280 e. The van der Waals surface area contributed by atoms with Gasteiger partial charge in [0.15, 0.2) is 5.82 Å². The molecule has 0 aliphatic heterocycles. The molecule has 154 valence electrons. The average molecular weight is 476 g/mol. The molecule has 1 heterocycles. The summed E-state index contributed by atoms with van der Waals surface area (Å²) < 4.78 is 7.42. The first-order valence-electron chi connectivity index (χ1n) is 9.46. The molecule has 1 amide bonds. The molecule has 0 aliphatic carbocycles. The highest BCUT2D eigenvalue weighted by Gasteiger charge is 2.14. The lowest BCUT2D eigenvalue weighted by molar-refractivity contribution is -0.112. The molecule has 4 rings (SSSR count). The van der Waals surface area contributed by atoms with Crippen LogP contribution in [0.4, 0.5) is 0 Å². The molecule has 1 aromatic heterocycles. The molecule has 6 nitrogen and oxygen atoms in total. The van der Waals surface area contributed by atoms with Crippen molar-refractivity contribution in [2.24, 2.45) is 0 Å². The van der Waals surface area contributed by atoms with Crippen molar-refractivity contribution >= 4 is 38.8 Å². The molecule has 0 spiro atoms. The van der Waals surface area contributed by atoms with E-state index in [2.05, 4.69) is 26.3 Å². The van der Waals surface area contributed by atoms with E-state index in [1.165, 1.54) is 10.8 Å². The first kappa shape index (κ1) is 20.6. The number of para-hydroxylation sites is 1. The van der Waals surface area contributed by atoms with E-state index >= 15 is 0 Å². The second kappa shape index (κ2) is 8.97. The van der Waals surface area contributed by atoms with Gasteiger partial charge in [-0.1, -0.05) is 52.3 Å². The molecular weight excluding hydrogens is 458 g/mol. The van der Waals surface area contributed by atoms with Crippen LogP contribution >= 0.6 is 15.9 Å². The number of ether oxygens (including phenoxy) is 1. The Balaban J connectivity index is 1.76. The van der Waals surface area contributed by atoms with E-state index in [1.54, 1.807) is 55.7 Å². The van der Waals surface area contributed by atoms with Crippen LogP contribution in [0.2, 0.25) is 0 Å². The van der Waals surface area contributed by atoms with Crippen molar-refractivity contribution in [1.82, 2.24) is 9.66 Å². The summed E-state index contributed by atoms with van der Waals surface area (Å²) in [5.74, 6) is 0.479. The van der Waals surface area contributed by atoms with Crippen LogP contribution in [0.15, 0.2) is 88.1 Å². The Morgan fingerprint density at radius 3 is 2.61 bits per heavy atom. The third-order valence-electron chi connectivity index (χ3n) is 4.62. The van der Waals surface area contributed by atoms with Gasteiger partial charge in [-0.15, -0.1) is 0 Å². The molecule has 1 N–H and O–H groups in total. The summed E-state index contributed by atoms with van der Waals surface area (Å²) in [5.41, 5.74) is 4.33. The molecule has 0 saturated heterocycles. The lowest BCUT2D eigenvalue weighted by Crippen LogP contribution is -2.34. The highest BCUT2D eigenvalue weighted by atomic mass is 79.9. The third-order valence-corrected chi connectivity index (χ3v) is 5.15. The number of halogens is 1. The summed E-state index contributed by atoms with van der Waals surface area (Å²) in [4.78, 5) is 30.4. The van der Waals surface area contributed by atoms with E-state index in [4.69, 9.17) is 4.74 Å². The Bertz CT molecular complexity index is 1340. The van der Waals surface area contributed by atoms with Gasteiger partial charge >= 0.3 is 0 Å². The molecule has 0 bridgehead atoms. The van der Waals surface area contributed by atoms with Crippen molar-refractivity contribution in [3.8, 4) is 17.1 Å². The van der Waals surface area contributed by atoms with Gasteiger partial charge in [-0.2, -0.15) is 4.68 Å². The number of benzene rings is 3. The van der Waals surface area contributed by atoms with Gasteiger partial charge in [-0.3, -0.25) is 15.0 Å². The Morgan fingerprint density at radius 2 is 1.84 bits per heavy atom. The summed E-state index contributed by atoms with van der Waals surface area (Å²) in [5, 5.41) is 0.409. The Hall–Kier alpha value is -3.71. The van der Waals surface area contributed by atoms with Crippen LogP contribution in [0.3, 0.4) is 0 Å². The fourth-order valence-electron chi connectivity index (χ4n) is 3.09. The van der Waals surface area contributed by atoms with Crippen LogP contribution in [-0.4, -0.2) is 22.7 Å². The molecule has 0 aliphatic rings. The Morgan fingerprint density at radius 1 is 1.06 bits per heavy atom. The molecule has 0 atom stereocenters. The van der Waals surface area contributed by atoms with E-state index in [-0.39, 0.29) is 5.56 Å². The Kier molecular flexibility index (Phi) is 5.95. The van der Waals surface area contributed by atoms with Gasteiger partial charge in [-0.25, -0.2) is 4.98 Å². The number of hydrogen-bond donors (Lipinski definition) is 1. The maximum absolute atomic E-state index is 13.2. The summed E-state index contributed by atoms with van der Waals surface area (Å²) in [6.07, 6.45) is 3.05. The minimum Gasteiger partial charge on any atom is -0.497 e. The average Bonchev–Trinajstić information content (AvgIpc) is 2.80. The van der Waals surface area contributed by atoms with Gasteiger partial charge in [0, 0.05) is 16.1 Å². The molecule has 7 heteroatoms. The number of fused-ring (bicyclic) bond motifs is 1. The molecule has 4 aromatic rings. The monoisotopic (exact) mass is 475 g/mol. The maximum Gasteiger partial charge on any atom is 0.280 e. The zero-order valence-corrected chi connectivity index (χ0v) is 18.2. The van der Waals surface area contributed by atoms with Crippen LogP contribution in [-0.2, 0) is 4.79 Å². The van der Waals surface area contributed by atoms with Crippen molar-refractivity contribution in [2.75, 3.05) is 12.5 Å². The number of methoxy groups -OCH3 is 1. The van der Waals surface area contributed by atoms with Crippen molar-refractivity contribution in [3.63, 3.8) is 0 Å². The molecule has 3 aromatic carbocycles. The standard InChI is InChI=1S/C24H18BrN3O3/c1-31-19-6-4-5-17(15-19)23-26-21-8-3-2-7-20(21)24(30)28(23)27-22(29)14-11-16-9-12-18(25)13-10-16/h2-15H,1H3,(H,27,29)/b14-11+. The molecule has 0 fully saturated rings. The lowest BCUT2D eigenvalue weighted by Gasteiger charge is -2.14. The summed E-state index contributed by atoms with van der Waals surface area (Å²) in [6.45, 7) is 0. The number of nitrogens with one attached hydrogen (secondary N) is 1. The van der Waals surface area contributed by atoms with Gasteiger partial charge in [0.25, 0.3) is 11.5 Å². The zero-order chi connectivity index (χ0) is 21.8. The number of carbonyl (C=O) groups is 1. The predicted molar refractivity (Wildman–Crippen MR) is 126 cm³/mol. The molecule has 31 heavy (non-hydrogen) atoms. The van der Waals surface area contributed by atoms with E-state index < -0.39 is 5.91 Å². The maximum atomic E-state index is 13.2. The second-order valence-electron chi connectivity index (χ2n) is 6.69. The van der Waals surface area contributed by atoms with Crippen molar-refractivity contribution in [2.45, 2.75) is 0 Å². The normalized spacial score (nSPS) is 11.0. The predicted octanol–water partition coefficient (Wildman–Crippen LogP) is 4.62. The number of aromatic nitrogens is 2. The van der Waals surface area contributed by atoms with Gasteiger partial charge in [-0.05, 0) is 48.0 Å². The van der Waals surface area contributed by atoms with Crippen LogP contribution in [0.1, 0.15) is 5.56 Å². The van der Waals surface area contributed by atoms with Crippen LogP contribution in [0.5, 0.6) is 5.75 Å². The number of rotatable bonds is 5. The van der Waals surface area contributed by atoms with Gasteiger partial charge in [0.05, 0.1) is 18.0 Å². The molecule has 0 unspecified atom stereocenters. The topological polar surface area (TPSA) is 73.2 Å². The SMILES string of the molecule is COc1cccc(-c2nc3ccccc3c(=O)n2NC(=O)/C=C/c2ccc(Br)cc2)c1. The fourth-order valence-corrected chi connectivity index (χ4v) is 3.35. The molecular formula is C24H18BrN3O3. The van der Waals surface area contributed by atoms with Gasteiger partial charge in [0.1, 0.15) is 5.75 Å². The van der Waals surface area contributed by atoms with E-state index in [0.29, 0.717) is 28.0 Å². The largest absolute Gasteiger partial charge is 0.497 e. The van der Waals surface area contributed by atoms with Gasteiger partial charge in [0.2, 0.25) is 0 Å².